The second-order valence-corrected chi connectivity index (χ2v) is 7.39. The molecule has 2 heterocycles. The molecule has 0 radical (unpaired) electrons. The van der Waals surface area contributed by atoms with Gasteiger partial charge in [-0.25, -0.2) is 9.78 Å². The quantitative estimate of drug-likeness (QED) is 0.520. The normalized spacial score (nSPS) is 14.1. The van der Waals surface area contributed by atoms with Crippen molar-refractivity contribution in [2.24, 2.45) is 0 Å². The minimum Gasteiger partial charge on any atom is -0.459 e. The van der Waals surface area contributed by atoms with Crippen molar-refractivity contribution >= 4 is 40.8 Å². The van der Waals surface area contributed by atoms with Crippen molar-refractivity contribution < 1.29 is 19.1 Å². The topological polar surface area (TPSA) is 79.8 Å². The van der Waals surface area contributed by atoms with Crippen LogP contribution in [0.1, 0.15) is 18.5 Å². The number of esters is 1. The van der Waals surface area contributed by atoms with Crippen molar-refractivity contribution in [2.75, 3.05) is 20.1 Å². The number of thiazole rings is 1. The lowest BCUT2D eigenvalue weighted by Gasteiger charge is -2.13. The lowest BCUT2D eigenvalue weighted by molar-refractivity contribution is -0.145. The Kier molecular flexibility index (Phi) is 6.08. The molecule has 0 N–H and O–H groups in total. The number of rotatable bonds is 7. The third-order valence-corrected chi connectivity index (χ3v) is 5.21. The second-order valence-electron chi connectivity index (χ2n) is 6.10. The highest BCUT2D eigenvalue weighted by atomic mass is 35.5. The van der Waals surface area contributed by atoms with Crippen LogP contribution < -0.4 is 0 Å². The van der Waals surface area contributed by atoms with Gasteiger partial charge in [0.15, 0.2) is 0 Å². The Labute approximate surface area is 165 Å². The van der Waals surface area contributed by atoms with Crippen molar-refractivity contribution in [2.45, 2.75) is 19.4 Å². The van der Waals surface area contributed by atoms with Crippen LogP contribution in [0, 0.1) is 0 Å². The summed E-state index contributed by atoms with van der Waals surface area (Å²) in [6.45, 7) is 0.394. The number of urea groups is 1. The van der Waals surface area contributed by atoms with E-state index in [1.807, 2.05) is 17.5 Å². The molecule has 0 atom stereocenters. The third kappa shape index (κ3) is 4.84. The van der Waals surface area contributed by atoms with E-state index in [0.29, 0.717) is 17.1 Å². The second kappa shape index (κ2) is 8.49. The molecule has 3 rings (SSSR count). The highest BCUT2D eigenvalue weighted by Gasteiger charge is 2.32. The van der Waals surface area contributed by atoms with Crippen LogP contribution in [0.5, 0.6) is 0 Å². The predicted octanol–water partition coefficient (Wildman–Crippen LogP) is 3.18. The number of carbonyl (C=O) groups excluding carboxylic acids is 3. The minimum absolute atomic E-state index is 0.0864. The van der Waals surface area contributed by atoms with Gasteiger partial charge in [-0.3, -0.25) is 14.5 Å². The lowest BCUT2D eigenvalue weighted by atomic mass is 10.2. The number of carbonyl (C=O) groups is 3. The van der Waals surface area contributed by atoms with Gasteiger partial charge in [-0.1, -0.05) is 23.7 Å². The molecule has 1 fully saturated rings. The Hall–Kier alpha value is -2.45. The highest BCUT2D eigenvalue weighted by molar-refractivity contribution is 7.13. The van der Waals surface area contributed by atoms with E-state index in [1.165, 1.54) is 16.2 Å². The standard InChI is InChI=1S/C18H18ClN3O4S/c1-21-9-15(23)22(18(21)25)8-2-3-16(24)26-10-14-11-27-17(20-14)12-4-6-13(19)7-5-12/h4-7,11H,2-3,8-10H2,1H3. The van der Waals surface area contributed by atoms with Gasteiger partial charge in [-0.2, -0.15) is 0 Å². The smallest absolute Gasteiger partial charge is 0.326 e. The Bertz CT molecular complexity index is 853. The molecule has 1 aromatic carbocycles. The molecule has 27 heavy (non-hydrogen) atoms. The van der Waals surface area contributed by atoms with Crippen molar-refractivity contribution in [3.8, 4) is 10.6 Å². The molecular formula is C18H18ClN3O4S. The maximum absolute atomic E-state index is 11.9. The van der Waals surface area contributed by atoms with Crippen LogP contribution in [0.2, 0.25) is 5.02 Å². The third-order valence-electron chi connectivity index (χ3n) is 4.02. The number of nitrogens with zero attached hydrogens (tertiary/aromatic N) is 3. The van der Waals surface area contributed by atoms with E-state index in [2.05, 4.69) is 4.98 Å². The average Bonchev–Trinajstić information content (AvgIpc) is 3.21. The van der Waals surface area contributed by atoms with Crippen molar-refractivity contribution in [1.82, 2.24) is 14.8 Å². The Morgan fingerprint density at radius 1 is 1.30 bits per heavy atom. The van der Waals surface area contributed by atoms with Gasteiger partial charge in [-0.05, 0) is 18.6 Å². The first-order valence-electron chi connectivity index (χ1n) is 8.35. The van der Waals surface area contributed by atoms with Crippen molar-refractivity contribution in [1.29, 1.82) is 0 Å². The molecule has 2 aromatic rings. The van der Waals surface area contributed by atoms with Gasteiger partial charge in [0.05, 0.1) is 5.69 Å². The molecule has 1 aliphatic heterocycles. The Balaban J connectivity index is 1.42. The van der Waals surface area contributed by atoms with E-state index in [4.69, 9.17) is 16.3 Å². The molecule has 142 valence electrons. The molecule has 9 heteroatoms. The summed E-state index contributed by atoms with van der Waals surface area (Å²) in [7, 11) is 1.57. The number of benzene rings is 1. The summed E-state index contributed by atoms with van der Waals surface area (Å²) in [4.78, 5) is 42.2. The molecule has 0 bridgehead atoms. The van der Waals surface area contributed by atoms with Crippen LogP contribution in [0.3, 0.4) is 0 Å². The summed E-state index contributed by atoms with van der Waals surface area (Å²) < 4.78 is 5.22. The van der Waals surface area contributed by atoms with E-state index in [9.17, 15) is 14.4 Å². The molecule has 0 spiro atoms. The zero-order valence-corrected chi connectivity index (χ0v) is 16.3. The number of hydrogen-bond acceptors (Lipinski definition) is 6. The van der Waals surface area contributed by atoms with E-state index in [1.54, 1.807) is 19.2 Å². The summed E-state index contributed by atoms with van der Waals surface area (Å²) in [5.41, 5.74) is 1.62. The number of imide groups is 1. The monoisotopic (exact) mass is 407 g/mol. The van der Waals surface area contributed by atoms with Crippen LogP contribution in [-0.4, -0.2) is 52.8 Å². The van der Waals surface area contributed by atoms with Crippen molar-refractivity contribution in [3.63, 3.8) is 0 Å². The van der Waals surface area contributed by atoms with E-state index in [-0.39, 0.29) is 44.0 Å². The summed E-state index contributed by atoms with van der Waals surface area (Å²) >= 11 is 7.34. The predicted molar refractivity (Wildman–Crippen MR) is 101 cm³/mol. The Morgan fingerprint density at radius 3 is 2.70 bits per heavy atom. The van der Waals surface area contributed by atoms with Crippen LogP contribution >= 0.6 is 22.9 Å². The van der Waals surface area contributed by atoms with Gasteiger partial charge in [0.2, 0.25) is 5.91 Å². The van der Waals surface area contributed by atoms with Crippen molar-refractivity contribution in [3.05, 3.63) is 40.4 Å². The minimum atomic E-state index is -0.386. The summed E-state index contributed by atoms with van der Waals surface area (Å²) in [6, 6.07) is 7.03. The fourth-order valence-electron chi connectivity index (χ4n) is 2.60. The number of likely N-dealkylation sites (N-methyl/N-ethyl adjacent to an activating group) is 1. The first-order chi connectivity index (χ1) is 12.9. The molecule has 7 nitrogen and oxygen atoms in total. The molecule has 0 saturated carbocycles. The molecule has 0 aliphatic carbocycles. The maximum atomic E-state index is 11.9. The maximum Gasteiger partial charge on any atom is 0.326 e. The van der Waals surface area contributed by atoms with Gasteiger partial charge in [0.25, 0.3) is 0 Å². The fraction of sp³-hybridized carbons (Fsp3) is 0.333. The van der Waals surface area contributed by atoms with E-state index in [0.717, 1.165) is 15.5 Å². The Morgan fingerprint density at radius 2 is 2.04 bits per heavy atom. The van der Waals surface area contributed by atoms with Gasteiger partial charge in [0.1, 0.15) is 18.2 Å². The number of amides is 3. The SMILES string of the molecule is CN1CC(=O)N(CCCC(=O)OCc2csc(-c3ccc(Cl)cc3)n2)C1=O. The van der Waals surface area contributed by atoms with Gasteiger partial charge in [-0.15, -0.1) is 11.3 Å². The fourth-order valence-corrected chi connectivity index (χ4v) is 3.53. The van der Waals surface area contributed by atoms with Crippen LogP contribution in [-0.2, 0) is 20.9 Å². The van der Waals surface area contributed by atoms with Gasteiger partial charge < -0.3 is 9.64 Å². The molecule has 1 aliphatic rings. The number of hydrogen-bond donors (Lipinski definition) is 0. The first-order valence-corrected chi connectivity index (χ1v) is 9.61. The average molecular weight is 408 g/mol. The van der Waals surface area contributed by atoms with Gasteiger partial charge >= 0.3 is 12.0 Å². The number of ether oxygens (including phenoxy) is 1. The van der Waals surface area contributed by atoms with Gasteiger partial charge in [0, 0.05) is 36.0 Å². The van der Waals surface area contributed by atoms with Crippen LogP contribution in [0.15, 0.2) is 29.6 Å². The van der Waals surface area contributed by atoms with Crippen LogP contribution in [0.25, 0.3) is 10.6 Å². The van der Waals surface area contributed by atoms with E-state index >= 15 is 0 Å². The largest absolute Gasteiger partial charge is 0.459 e. The molecule has 1 saturated heterocycles. The lowest BCUT2D eigenvalue weighted by Crippen LogP contribution is -2.32. The summed E-state index contributed by atoms with van der Waals surface area (Å²) in [5.74, 6) is -0.628. The summed E-state index contributed by atoms with van der Waals surface area (Å²) in [5, 5.41) is 3.33. The first kappa shape index (κ1) is 19.3. The summed E-state index contributed by atoms with van der Waals surface area (Å²) in [6.07, 6.45) is 0.506. The zero-order valence-electron chi connectivity index (χ0n) is 14.7. The highest BCUT2D eigenvalue weighted by Crippen LogP contribution is 2.25. The molecule has 1 aromatic heterocycles. The molecular weight excluding hydrogens is 390 g/mol. The number of aromatic nitrogens is 1. The molecule has 3 amide bonds. The van der Waals surface area contributed by atoms with Crippen LogP contribution in [0.4, 0.5) is 4.79 Å². The molecule has 0 unspecified atom stereocenters. The van der Waals surface area contributed by atoms with E-state index < -0.39 is 0 Å². The number of halogens is 1. The zero-order chi connectivity index (χ0) is 19.4.